The van der Waals surface area contributed by atoms with Gasteiger partial charge < -0.3 is 25.0 Å². The molecule has 56 heavy (non-hydrogen) atoms. The van der Waals surface area contributed by atoms with Gasteiger partial charge in [0.15, 0.2) is 0 Å². The molecule has 3 fully saturated rings. The number of rotatable bonds is 16. The van der Waals surface area contributed by atoms with Crippen LogP contribution in [0.2, 0.25) is 0 Å². The number of carbonyl (C=O) groups excluding carboxylic acids is 4. The molecule has 2 saturated carbocycles. The fraction of sp³-hybridized carbons (Fsp3) is 0.452. The Morgan fingerprint density at radius 2 is 1.80 bits per heavy atom. The number of nitrogens with zero attached hydrogens (tertiary/aromatic N) is 2. The highest BCUT2D eigenvalue weighted by atomic mass is 32.2. The second-order valence-electron chi connectivity index (χ2n) is 16.0. The number of fused-ring (bicyclic) bond motifs is 1. The normalized spacial score (nSPS) is 22.4. The van der Waals surface area contributed by atoms with E-state index in [4.69, 9.17) is 14.5 Å². The third kappa shape index (κ3) is 8.75. The second-order valence-corrected chi connectivity index (χ2v) is 17.9. The highest BCUT2D eigenvalue weighted by Gasteiger charge is 2.62. The van der Waals surface area contributed by atoms with Crippen molar-refractivity contribution in [1.29, 1.82) is 0 Å². The summed E-state index contributed by atoms with van der Waals surface area (Å²) in [4.78, 5) is 62.1. The summed E-state index contributed by atoms with van der Waals surface area (Å²) in [5, 5.41) is 5.79. The van der Waals surface area contributed by atoms with Crippen molar-refractivity contribution in [2.45, 2.75) is 94.7 Å². The first-order chi connectivity index (χ1) is 26.6. The molecule has 4 amide bonds. The lowest BCUT2D eigenvalue weighted by Crippen LogP contribution is -2.60. The zero-order valence-corrected chi connectivity index (χ0v) is 33.2. The molecular formula is C42H51N5O8S. The number of methoxy groups -OCH3 is 1. The number of ether oxygens (including phenoxy) is 2. The van der Waals surface area contributed by atoms with E-state index in [-0.39, 0.29) is 31.7 Å². The standard InChI is InChI=1S/C42H51N5O8S/c1-7-9-11-16-36(48)44-37(41(3,4)5)39(50)47-25-29(22-34(47)38(49)45-42(24-27(42)8-2)40(51)46-56(52,53)30-18-19-30)55-35-23-32(26-14-12-10-13-15-26)43-33-21-28(54-6)17-20-31(33)35/h7-8,10,12-15,17,20-21,23,27,29-30,34,37H,1-2,9,11,16,18-19,22,24-25H2,3-6H3,(H,44,48)(H,45,49)(H,46,51)/t27-,29-,34+,37+,42-/m1/s1. The maximum Gasteiger partial charge on any atom is 0.259 e. The summed E-state index contributed by atoms with van der Waals surface area (Å²) in [6, 6.07) is 14.7. The van der Waals surface area contributed by atoms with E-state index in [1.807, 2.05) is 63.2 Å². The Labute approximate surface area is 328 Å². The molecule has 0 unspecified atom stereocenters. The smallest absolute Gasteiger partial charge is 0.259 e. The van der Waals surface area contributed by atoms with Crippen LogP contribution in [0.15, 0.2) is 79.9 Å². The summed E-state index contributed by atoms with van der Waals surface area (Å²) in [5.74, 6) is -1.71. The maximum atomic E-state index is 14.7. The SMILES string of the molecule is C=CCCCC(=O)N[C@@H](C(=O)N1C[C@H](Oc2cc(-c3ccccc3)nc3cc(OC)ccc23)C[C@H]1C(=O)N[C@]1(C(=O)NS(=O)(=O)C2CC2)C[C@H]1C=C)C(C)(C)C. The van der Waals surface area contributed by atoms with Gasteiger partial charge in [-0.1, -0.05) is 63.3 Å². The molecule has 298 valence electrons. The molecule has 3 N–H and O–H groups in total. The van der Waals surface area contributed by atoms with Crippen molar-refractivity contribution in [2.24, 2.45) is 11.3 Å². The third-order valence-electron chi connectivity index (χ3n) is 10.7. The first-order valence-electron chi connectivity index (χ1n) is 19.0. The summed E-state index contributed by atoms with van der Waals surface area (Å²) >= 11 is 0. The van der Waals surface area contributed by atoms with Crippen LogP contribution in [0.4, 0.5) is 0 Å². The van der Waals surface area contributed by atoms with Crippen LogP contribution in [-0.2, 0) is 29.2 Å². The number of aromatic nitrogens is 1. The molecule has 5 atom stereocenters. The minimum absolute atomic E-state index is 0.0172. The number of carbonyl (C=O) groups is 4. The van der Waals surface area contributed by atoms with Crippen molar-refractivity contribution in [1.82, 2.24) is 25.2 Å². The Balaban J connectivity index is 1.33. The van der Waals surface area contributed by atoms with Gasteiger partial charge in [0.05, 0.1) is 30.1 Å². The minimum atomic E-state index is -3.91. The van der Waals surface area contributed by atoms with Gasteiger partial charge in [0.2, 0.25) is 27.7 Å². The third-order valence-corrected chi connectivity index (χ3v) is 12.5. The number of nitrogens with one attached hydrogen (secondary N) is 3. The Bertz CT molecular complexity index is 2130. The molecule has 13 nitrogen and oxygen atoms in total. The van der Waals surface area contributed by atoms with Crippen LogP contribution in [0.3, 0.4) is 0 Å². The Kier molecular flexibility index (Phi) is 11.6. The molecule has 1 aliphatic heterocycles. The Hall–Kier alpha value is -5.24. The number of pyridine rings is 1. The van der Waals surface area contributed by atoms with Crippen LogP contribution in [-0.4, -0.2) is 84.6 Å². The molecule has 0 radical (unpaired) electrons. The number of unbranched alkanes of at least 4 members (excludes halogenated alkanes) is 1. The van der Waals surface area contributed by atoms with Gasteiger partial charge in [0.25, 0.3) is 5.91 Å². The highest BCUT2D eigenvalue weighted by molar-refractivity contribution is 7.91. The van der Waals surface area contributed by atoms with Crippen LogP contribution in [0.5, 0.6) is 11.5 Å². The number of allylic oxidation sites excluding steroid dienone is 1. The number of benzene rings is 2. The zero-order valence-electron chi connectivity index (χ0n) is 32.4. The number of hydrogen-bond donors (Lipinski definition) is 3. The zero-order chi connectivity index (χ0) is 40.4. The molecule has 2 heterocycles. The summed E-state index contributed by atoms with van der Waals surface area (Å²) in [6.07, 6.45) is 5.03. The van der Waals surface area contributed by atoms with Gasteiger partial charge in [0.1, 0.15) is 35.2 Å². The molecule has 1 saturated heterocycles. The maximum absolute atomic E-state index is 14.7. The Morgan fingerprint density at radius 3 is 2.43 bits per heavy atom. The number of sulfonamides is 1. The van der Waals surface area contributed by atoms with Crippen molar-refractivity contribution in [3.63, 3.8) is 0 Å². The van der Waals surface area contributed by atoms with Gasteiger partial charge in [-0.25, -0.2) is 13.4 Å². The van der Waals surface area contributed by atoms with E-state index in [1.165, 1.54) is 11.0 Å². The predicted octanol–water partition coefficient (Wildman–Crippen LogP) is 4.82. The van der Waals surface area contributed by atoms with Crippen LogP contribution in [0.25, 0.3) is 22.2 Å². The van der Waals surface area contributed by atoms with E-state index >= 15 is 0 Å². The molecular weight excluding hydrogens is 735 g/mol. The van der Waals surface area contributed by atoms with Crippen LogP contribution >= 0.6 is 0 Å². The van der Waals surface area contributed by atoms with Gasteiger partial charge in [-0.05, 0) is 49.7 Å². The van der Waals surface area contributed by atoms with Crippen molar-refractivity contribution in [2.75, 3.05) is 13.7 Å². The average Bonchev–Trinajstić information content (AvgIpc) is 4.10. The topological polar surface area (TPSA) is 173 Å². The first kappa shape index (κ1) is 40.4. The molecule has 14 heteroatoms. The van der Waals surface area contributed by atoms with Crippen LogP contribution in [0, 0.1) is 11.3 Å². The molecule has 0 spiro atoms. The summed E-state index contributed by atoms with van der Waals surface area (Å²) in [7, 11) is -2.33. The van der Waals surface area contributed by atoms with Gasteiger partial charge in [0, 0.05) is 41.8 Å². The monoisotopic (exact) mass is 785 g/mol. The molecule has 3 aromatic rings. The summed E-state index contributed by atoms with van der Waals surface area (Å²) < 4.78 is 39.9. The van der Waals surface area contributed by atoms with Gasteiger partial charge in [-0.2, -0.15) is 0 Å². The average molecular weight is 786 g/mol. The molecule has 3 aliphatic rings. The first-order valence-corrected chi connectivity index (χ1v) is 20.6. The predicted molar refractivity (Wildman–Crippen MR) is 213 cm³/mol. The lowest BCUT2D eigenvalue weighted by atomic mass is 9.85. The summed E-state index contributed by atoms with van der Waals surface area (Å²) in [6.45, 7) is 13.0. The van der Waals surface area contributed by atoms with Gasteiger partial charge >= 0.3 is 0 Å². The van der Waals surface area contributed by atoms with E-state index in [1.54, 1.807) is 25.3 Å². The largest absolute Gasteiger partial charge is 0.497 e. The lowest BCUT2D eigenvalue weighted by Gasteiger charge is -2.35. The van der Waals surface area contributed by atoms with E-state index in [2.05, 4.69) is 28.5 Å². The molecule has 2 aromatic carbocycles. The second kappa shape index (κ2) is 16.1. The van der Waals surface area contributed by atoms with Gasteiger partial charge in [-0.15, -0.1) is 13.2 Å². The number of hydrogen-bond acceptors (Lipinski definition) is 9. The number of likely N-dealkylation sites (tertiary alicyclic amines) is 1. The van der Waals surface area contributed by atoms with E-state index in [0.29, 0.717) is 53.8 Å². The quantitative estimate of drug-likeness (QED) is 0.136. The van der Waals surface area contributed by atoms with Crippen molar-refractivity contribution >= 4 is 44.6 Å². The van der Waals surface area contributed by atoms with Crippen LogP contribution < -0.4 is 24.8 Å². The Morgan fingerprint density at radius 1 is 1.07 bits per heavy atom. The molecule has 6 rings (SSSR count). The van der Waals surface area contributed by atoms with Crippen molar-refractivity contribution in [3.05, 3.63) is 79.9 Å². The highest BCUT2D eigenvalue weighted by Crippen LogP contribution is 2.46. The van der Waals surface area contributed by atoms with E-state index < -0.39 is 68.1 Å². The number of amides is 4. The van der Waals surface area contributed by atoms with E-state index in [9.17, 15) is 27.6 Å². The van der Waals surface area contributed by atoms with E-state index in [0.717, 1.165) is 5.56 Å². The molecule has 0 bridgehead atoms. The summed E-state index contributed by atoms with van der Waals surface area (Å²) in [5.41, 5.74) is -0.188. The fourth-order valence-corrected chi connectivity index (χ4v) is 8.55. The fourth-order valence-electron chi connectivity index (χ4n) is 7.19. The van der Waals surface area contributed by atoms with Crippen LogP contribution in [0.1, 0.15) is 65.7 Å². The lowest BCUT2D eigenvalue weighted by molar-refractivity contribution is -0.144. The van der Waals surface area contributed by atoms with Crippen molar-refractivity contribution < 1.29 is 37.1 Å². The molecule has 2 aliphatic carbocycles. The molecule has 1 aromatic heterocycles. The van der Waals surface area contributed by atoms with Gasteiger partial charge in [-0.3, -0.25) is 23.9 Å². The minimum Gasteiger partial charge on any atom is -0.497 e. The van der Waals surface area contributed by atoms with Crippen molar-refractivity contribution in [3.8, 4) is 22.8 Å².